The quantitative estimate of drug-likeness (QED) is 0.460. The molecule has 3 nitrogen and oxygen atoms in total. The van der Waals surface area contributed by atoms with Gasteiger partial charge in [0.05, 0.1) is 5.69 Å². The molecular formula is C21H20N2O. The lowest BCUT2D eigenvalue weighted by atomic mass is 9.96. The summed E-state index contributed by atoms with van der Waals surface area (Å²) in [4.78, 5) is 9.22. The maximum absolute atomic E-state index is 6.20. The Balaban J connectivity index is 2.15. The molecule has 3 aromatic heterocycles. The van der Waals surface area contributed by atoms with Gasteiger partial charge in [0, 0.05) is 28.2 Å². The Morgan fingerprint density at radius 2 is 1.62 bits per heavy atom. The van der Waals surface area contributed by atoms with E-state index in [1.807, 2.05) is 19.2 Å². The van der Waals surface area contributed by atoms with Crippen LogP contribution in [0.3, 0.4) is 0 Å². The van der Waals surface area contributed by atoms with Crippen LogP contribution in [0.25, 0.3) is 33.3 Å². The van der Waals surface area contributed by atoms with E-state index in [0.717, 1.165) is 33.3 Å². The first-order chi connectivity index (χ1) is 11.5. The van der Waals surface area contributed by atoms with Gasteiger partial charge < -0.3 is 4.42 Å². The molecule has 120 valence electrons. The van der Waals surface area contributed by atoms with Crippen LogP contribution in [0.4, 0.5) is 0 Å². The van der Waals surface area contributed by atoms with Crippen molar-refractivity contribution in [3.8, 4) is 11.3 Å². The molecule has 0 saturated carbocycles. The molecule has 0 spiro atoms. The maximum Gasteiger partial charge on any atom is 0.227 e. The molecule has 0 aliphatic heterocycles. The van der Waals surface area contributed by atoms with E-state index in [9.17, 15) is 0 Å². The van der Waals surface area contributed by atoms with Gasteiger partial charge in [-0.3, -0.25) is 4.98 Å². The number of rotatable bonds is 1. The van der Waals surface area contributed by atoms with E-state index >= 15 is 0 Å². The summed E-state index contributed by atoms with van der Waals surface area (Å²) in [5, 5.41) is 2.20. The molecule has 0 atom stereocenters. The van der Waals surface area contributed by atoms with Crippen molar-refractivity contribution in [1.82, 2.24) is 9.97 Å². The Kier molecular flexibility index (Phi) is 3.20. The molecule has 0 bridgehead atoms. The number of hydrogen-bond donors (Lipinski definition) is 0. The molecule has 0 N–H and O–H groups in total. The van der Waals surface area contributed by atoms with Gasteiger partial charge in [0.2, 0.25) is 5.71 Å². The lowest BCUT2D eigenvalue weighted by molar-refractivity contribution is 0.653. The van der Waals surface area contributed by atoms with Crippen LogP contribution in [-0.2, 0) is 0 Å². The van der Waals surface area contributed by atoms with Crippen LogP contribution >= 0.6 is 0 Å². The zero-order valence-corrected chi connectivity index (χ0v) is 14.7. The Hall–Kier alpha value is -2.68. The summed E-state index contributed by atoms with van der Waals surface area (Å²) in [5.41, 5.74) is 9.37. The van der Waals surface area contributed by atoms with Crippen LogP contribution in [0.5, 0.6) is 0 Å². The third-order valence-corrected chi connectivity index (χ3v) is 4.77. The molecular weight excluding hydrogens is 296 g/mol. The van der Waals surface area contributed by atoms with Gasteiger partial charge >= 0.3 is 0 Å². The van der Waals surface area contributed by atoms with Gasteiger partial charge in [0.15, 0.2) is 0 Å². The maximum atomic E-state index is 6.20. The number of benzene rings is 1. The average Bonchev–Trinajstić information content (AvgIpc) is 2.89. The SMILES string of the molecule is Cc1ccc2c(n1)oc1c(-c3cc(C)c(C)cn3)c(C)cc(C)c12. The van der Waals surface area contributed by atoms with Crippen LogP contribution in [0, 0.1) is 34.6 Å². The summed E-state index contributed by atoms with van der Waals surface area (Å²) in [7, 11) is 0. The van der Waals surface area contributed by atoms with Crippen molar-refractivity contribution in [2.75, 3.05) is 0 Å². The zero-order valence-electron chi connectivity index (χ0n) is 14.7. The zero-order chi connectivity index (χ0) is 17.0. The molecule has 4 rings (SSSR count). The van der Waals surface area contributed by atoms with Crippen LogP contribution < -0.4 is 0 Å². The van der Waals surface area contributed by atoms with Crippen molar-refractivity contribution in [2.45, 2.75) is 34.6 Å². The van der Waals surface area contributed by atoms with E-state index in [-0.39, 0.29) is 0 Å². The predicted octanol–water partition coefficient (Wildman–Crippen LogP) is 5.59. The largest absolute Gasteiger partial charge is 0.437 e. The number of aryl methyl sites for hydroxylation is 5. The Morgan fingerprint density at radius 3 is 2.38 bits per heavy atom. The first-order valence-electron chi connectivity index (χ1n) is 8.19. The third-order valence-electron chi connectivity index (χ3n) is 4.77. The molecule has 4 aromatic rings. The molecule has 0 amide bonds. The Labute approximate surface area is 141 Å². The van der Waals surface area contributed by atoms with E-state index in [4.69, 9.17) is 4.42 Å². The van der Waals surface area contributed by atoms with Gasteiger partial charge in [0.25, 0.3) is 0 Å². The second-order valence-electron chi connectivity index (χ2n) is 6.65. The van der Waals surface area contributed by atoms with Gasteiger partial charge in [-0.05, 0) is 75.1 Å². The number of aromatic nitrogens is 2. The highest BCUT2D eigenvalue weighted by Gasteiger charge is 2.18. The van der Waals surface area contributed by atoms with Crippen LogP contribution in [0.2, 0.25) is 0 Å². The molecule has 0 radical (unpaired) electrons. The van der Waals surface area contributed by atoms with Crippen molar-refractivity contribution in [2.24, 2.45) is 0 Å². The highest BCUT2D eigenvalue weighted by molar-refractivity contribution is 6.10. The highest BCUT2D eigenvalue weighted by atomic mass is 16.3. The van der Waals surface area contributed by atoms with Gasteiger partial charge in [-0.25, -0.2) is 4.98 Å². The minimum Gasteiger partial charge on any atom is -0.437 e. The number of fused-ring (bicyclic) bond motifs is 3. The molecule has 0 saturated heterocycles. The fraction of sp³-hybridized carbons (Fsp3) is 0.238. The smallest absolute Gasteiger partial charge is 0.227 e. The first-order valence-corrected chi connectivity index (χ1v) is 8.19. The lowest BCUT2D eigenvalue weighted by Crippen LogP contribution is -1.92. The first kappa shape index (κ1) is 14.9. The summed E-state index contributed by atoms with van der Waals surface area (Å²) in [6.07, 6.45) is 1.93. The Morgan fingerprint density at radius 1 is 0.833 bits per heavy atom. The van der Waals surface area contributed by atoms with Crippen molar-refractivity contribution in [3.05, 3.63) is 58.4 Å². The second-order valence-corrected chi connectivity index (χ2v) is 6.65. The van der Waals surface area contributed by atoms with Gasteiger partial charge in [-0.2, -0.15) is 0 Å². The van der Waals surface area contributed by atoms with E-state index in [1.165, 1.54) is 22.3 Å². The van der Waals surface area contributed by atoms with Crippen LogP contribution in [-0.4, -0.2) is 9.97 Å². The van der Waals surface area contributed by atoms with E-state index in [1.54, 1.807) is 0 Å². The monoisotopic (exact) mass is 316 g/mol. The molecule has 0 fully saturated rings. The van der Waals surface area contributed by atoms with E-state index < -0.39 is 0 Å². The standard InChI is InChI=1S/C21H20N2O/c1-11-9-17(22-10-14(11)4)19-13(3)8-12(2)18-16-7-6-15(5)23-21(16)24-20(18)19/h6-10H,1-5H3. The van der Waals surface area contributed by atoms with Crippen molar-refractivity contribution in [1.29, 1.82) is 0 Å². The van der Waals surface area contributed by atoms with E-state index in [0.29, 0.717) is 5.71 Å². The molecule has 0 aliphatic rings. The summed E-state index contributed by atoms with van der Waals surface area (Å²) < 4.78 is 6.20. The number of furan rings is 1. The van der Waals surface area contributed by atoms with Crippen molar-refractivity contribution in [3.63, 3.8) is 0 Å². The van der Waals surface area contributed by atoms with Crippen LogP contribution in [0.15, 0.2) is 34.9 Å². The summed E-state index contributed by atoms with van der Waals surface area (Å²) >= 11 is 0. The minimum atomic E-state index is 0.698. The van der Waals surface area contributed by atoms with Crippen molar-refractivity contribution >= 4 is 22.1 Å². The van der Waals surface area contributed by atoms with Crippen LogP contribution in [0.1, 0.15) is 27.9 Å². The van der Waals surface area contributed by atoms with Gasteiger partial charge in [-0.15, -0.1) is 0 Å². The second kappa shape index (κ2) is 5.17. The van der Waals surface area contributed by atoms with E-state index in [2.05, 4.69) is 55.9 Å². The topological polar surface area (TPSA) is 38.9 Å². The fourth-order valence-corrected chi connectivity index (χ4v) is 3.37. The fourth-order valence-electron chi connectivity index (χ4n) is 3.37. The molecule has 3 heterocycles. The number of hydrogen-bond acceptors (Lipinski definition) is 3. The molecule has 0 aliphatic carbocycles. The third kappa shape index (κ3) is 2.12. The highest BCUT2D eigenvalue weighted by Crippen LogP contribution is 2.39. The lowest BCUT2D eigenvalue weighted by Gasteiger charge is -2.10. The molecule has 0 unspecified atom stereocenters. The molecule has 1 aromatic carbocycles. The predicted molar refractivity (Wildman–Crippen MR) is 98.4 cm³/mol. The molecule has 24 heavy (non-hydrogen) atoms. The summed E-state index contributed by atoms with van der Waals surface area (Å²) in [6, 6.07) is 8.48. The normalized spacial score (nSPS) is 11.5. The summed E-state index contributed by atoms with van der Waals surface area (Å²) in [6.45, 7) is 10.4. The number of nitrogens with zero attached hydrogens (tertiary/aromatic N) is 2. The molecule has 3 heteroatoms. The summed E-state index contributed by atoms with van der Waals surface area (Å²) in [5.74, 6) is 0. The number of pyridine rings is 2. The Bertz CT molecular complexity index is 1110. The van der Waals surface area contributed by atoms with Crippen molar-refractivity contribution < 1.29 is 4.42 Å². The van der Waals surface area contributed by atoms with Gasteiger partial charge in [0.1, 0.15) is 5.58 Å². The minimum absolute atomic E-state index is 0.698. The average molecular weight is 316 g/mol. The van der Waals surface area contributed by atoms with Gasteiger partial charge in [-0.1, -0.05) is 6.07 Å².